The van der Waals surface area contributed by atoms with Gasteiger partial charge in [-0.1, -0.05) is 19.3 Å². The van der Waals surface area contributed by atoms with E-state index in [-0.39, 0.29) is 17.3 Å². The molecule has 1 aromatic carbocycles. The molecule has 1 aromatic rings. The smallest absolute Gasteiger partial charge is 0.253 e. The van der Waals surface area contributed by atoms with Crippen molar-refractivity contribution in [2.75, 3.05) is 5.73 Å². The topological polar surface area (TPSA) is 75.4 Å². The van der Waals surface area contributed by atoms with Crippen LogP contribution in [0.15, 0.2) is 18.2 Å². The van der Waals surface area contributed by atoms with Crippen molar-refractivity contribution in [3.05, 3.63) is 29.6 Å². The lowest BCUT2D eigenvalue weighted by atomic mass is 10.0. The SMILES string of the molecule is Nc1ccc(F)cc1C(=O)NC1CCCCCC1O. The minimum Gasteiger partial charge on any atom is -0.398 e. The third-order valence-electron chi connectivity index (χ3n) is 3.56. The molecular formula is C14H19FN2O2. The zero-order valence-electron chi connectivity index (χ0n) is 10.7. The summed E-state index contributed by atoms with van der Waals surface area (Å²) in [6.07, 6.45) is 3.88. The van der Waals surface area contributed by atoms with E-state index in [2.05, 4.69) is 5.32 Å². The van der Waals surface area contributed by atoms with Crippen LogP contribution in [0.25, 0.3) is 0 Å². The Bertz CT molecular complexity index is 465. The molecule has 4 nitrogen and oxygen atoms in total. The van der Waals surface area contributed by atoms with Gasteiger partial charge < -0.3 is 16.2 Å². The average molecular weight is 266 g/mol. The number of halogens is 1. The van der Waals surface area contributed by atoms with E-state index in [4.69, 9.17) is 5.73 Å². The van der Waals surface area contributed by atoms with Crippen LogP contribution in [-0.2, 0) is 0 Å². The largest absolute Gasteiger partial charge is 0.398 e. The van der Waals surface area contributed by atoms with E-state index < -0.39 is 17.8 Å². The number of nitrogen functional groups attached to an aromatic ring is 1. The Hall–Kier alpha value is -1.62. The maximum Gasteiger partial charge on any atom is 0.253 e. The Kier molecular flexibility index (Phi) is 4.37. The minimum absolute atomic E-state index is 0.122. The van der Waals surface area contributed by atoms with Gasteiger partial charge in [0.15, 0.2) is 0 Å². The van der Waals surface area contributed by atoms with Crippen LogP contribution in [0.1, 0.15) is 42.5 Å². The quantitative estimate of drug-likeness (QED) is 0.564. The van der Waals surface area contributed by atoms with Crippen molar-refractivity contribution >= 4 is 11.6 Å². The van der Waals surface area contributed by atoms with Crippen molar-refractivity contribution in [2.45, 2.75) is 44.2 Å². The number of hydrogen-bond donors (Lipinski definition) is 3. The van der Waals surface area contributed by atoms with Crippen molar-refractivity contribution < 1.29 is 14.3 Å². The van der Waals surface area contributed by atoms with Gasteiger partial charge in [-0.05, 0) is 31.0 Å². The molecule has 0 heterocycles. The first-order chi connectivity index (χ1) is 9.08. The highest BCUT2D eigenvalue weighted by molar-refractivity contribution is 5.99. The fourth-order valence-electron chi connectivity index (χ4n) is 2.43. The van der Waals surface area contributed by atoms with E-state index in [0.29, 0.717) is 6.42 Å². The second kappa shape index (κ2) is 6.02. The van der Waals surface area contributed by atoms with Crippen molar-refractivity contribution in [1.82, 2.24) is 5.32 Å². The molecular weight excluding hydrogens is 247 g/mol. The standard InChI is InChI=1S/C14H19FN2O2/c15-9-6-7-11(16)10(8-9)14(19)17-12-4-2-1-3-5-13(12)18/h6-8,12-13,18H,1-5,16H2,(H,17,19). The highest BCUT2D eigenvalue weighted by Gasteiger charge is 2.24. The third kappa shape index (κ3) is 3.44. The molecule has 0 spiro atoms. The number of amides is 1. The fraction of sp³-hybridized carbons (Fsp3) is 0.500. The number of aliphatic hydroxyl groups excluding tert-OH is 1. The molecule has 0 bridgehead atoms. The van der Waals surface area contributed by atoms with Gasteiger partial charge in [0.1, 0.15) is 5.82 Å². The molecule has 0 aliphatic heterocycles. The maximum absolute atomic E-state index is 13.1. The Labute approximate surface area is 111 Å². The van der Waals surface area contributed by atoms with Crippen molar-refractivity contribution in [3.63, 3.8) is 0 Å². The summed E-state index contributed by atoms with van der Waals surface area (Å²) in [6, 6.07) is 3.42. The Morgan fingerprint density at radius 2 is 2.05 bits per heavy atom. The number of rotatable bonds is 2. The number of aliphatic hydroxyl groups is 1. The van der Waals surface area contributed by atoms with E-state index in [1.165, 1.54) is 12.1 Å². The molecule has 4 N–H and O–H groups in total. The lowest BCUT2D eigenvalue weighted by molar-refractivity contribution is 0.0819. The van der Waals surface area contributed by atoms with Crippen molar-refractivity contribution in [3.8, 4) is 0 Å². The molecule has 5 heteroatoms. The van der Waals surface area contributed by atoms with Gasteiger partial charge in [0.2, 0.25) is 0 Å². The van der Waals surface area contributed by atoms with Crippen LogP contribution in [0.3, 0.4) is 0 Å². The van der Waals surface area contributed by atoms with Gasteiger partial charge in [0, 0.05) is 5.69 Å². The van der Waals surface area contributed by atoms with Gasteiger partial charge in [0.25, 0.3) is 5.91 Å². The van der Waals surface area contributed by atoms with Crippen LogP contribution in [0, 0.1) is 5.82 Å². The Morgan fingerprint density at radius 3 is 2.84 bits per heavy atom. The predicted molar refractivity (Wildman–Crippen MR) is 71.2 cm³/mol. The molecule has 1 aliphatic rings. The van der Waals surface area contributed by atoms with Crippen LogP contribution in [0.4, 0.5) is 10.1 Å². The highest BCUT2D eigenvalue weighted by atomic mass is 19.1. The molecule has 1 aliphatic carbocycles. The van der Waals surface area contributed by atoms with Crippen molar-refractivity contribution in [2.24, 2.45) is 0 Å². The van der Waals surface area contributed by atoms with E-state index in [1.54, 1.807) is 0 Å². The normalized spacial score (nSPS) is 23.7. The Balaban J connectivity index is 2.09. The Morgan fingerprint density at radius 1 is 1.32 bits per heavy atom. The van der Waals surface area contributed by atoms with E-state index in [0.717, 1.165) is 31.7 Å². The number of anilines is 1. The third-order valence-corrected chi connectivity index (χ3v) is 3.56. The van der Waals surface area contributed by atoms with Crippen LogP contribution >= 0.6 is 0 Å². The minimum atomic E-state index is -0.541. The lowest BCUT2D eigenvalue weighted by Gasteiger charge is -2.22. The first-order valence-electron chi connectivity index (χ1n) is 6.62. The second-order valence-electron chi connectivity index (χ2n) is 5.02. The van der Waals surface area contributed by atoms with E-state index in [9.17, 15) is 14.3 Å². The molecule has 0 aromatic heterocycles. The first-order valence-corrected chi connectivity index (χ1v) is 6.62. The monoisotopic (exact) mass is 266 g/mol. The first kappa shape index (κ1) is 13.8. The van der Waals surface area contributed by atoms with Crippen LogP contribution < -0.4 is 11.1 Å². The van der Waals surface area contributed by atoms with Crippen molar-refractivity contribution in [1.29, 1.82) is 0 Å². The summed E-state index contributed by atoms with van der Waals surface area (Å²) in [7, 11) is 0. The summed E-state index contributed by atoms with van der Waals surface area (Å²) in [5, 5.41) is 12.7. The number of hydrogen-bond acceptors (Lipinski definition) is 3. The molecule has 104 valence electrons. The summed E-state index contributed by atoms with van der Waals surface area (Å²) in [4.78, 5) is 12.1. The molecule has 19 heavy (non-hydrogen) atoms. The molecule has 2 rings (SSSR count). The lowest BCUT2D eigenvalue weighted by Crippen LogP contribution is -2.42. The molecule has 2 unspecified atom stereocenters. The number of carbonyl (C=O) groups excluding carboxylic acids is 1. The molecule has 2 atom stereocenters. The van der Waals surface area contributed by atoms with Gasteiger partial charge in [0.05, 0.1) is 17.7 Å². The average Bonchev–Trinajstić information content (AvgIpc) is 2.58. The summed E-state index contributed by atoms with van der Waals surface area (Å²) in [5.74, 6) is -0.927. The second-order valence-corrected chi connectivity index (χ2v) is 5.02. The summed E-state index contributed by atoms with van der Waals surface area (Å²) in [5.41, 5.74) is 6.03. The molecule has 0 radical (unpaired) electrons. The fourth-order valence-corrected chi connectivity index (χ4v) is 2.43. The van der Waals surface area contributed by atoms with Crippen LogP contribution in [-0.4, -0.2) is 23.2 Å². The maximum atomic E-state index is 13.1. The molecule has 1 fully saturated rings. The van der Waals surface area contributed by atoms with Gasteiger partial charge in [-0.15, -0.1) is 0 Å². The zero-order valence-corrected chi connectivity index (χ0v) is 10.7. The number of carbonyl (C=O) groups is 1. The van der Waals surface area contributed by atoms with E-state index in [1.807, 2.05) is 0 Å². The number of benzene rings is 1. The summed E-state index contributed by atoms with van der Waals surface area (Å²) < 4.78 is 13.1. The number of nitrogens with two attached hydrogens (primary N) is 1. The van der Waals surface area contributed by atoms with Crippen LogP contribution in [0.2, 0.25) is 0 Å². The van der Waals surface area contributed by atoms with Crippen LogP contribution in [0.5, 0.6) is 0 Å². The van der Waals surface area contributed by atoms with Gasteiger partial charge in [-0.2, -0.15) is 0 Å². The zero-order chi connectivity index (χ0) is 13.8. The molecule has 1 saturated carbocycles. The summed E-state index contributed by atoms with van der Waals surface area (Å²) >= 11 is 0. The number of nitrogens with one attached hydrogen (secondary N) is 1. The molecule has 1 amide bonds. The van der Waals surface area contributed by atoms with Gasteiger partial charge in [-0.25, -0.2) is 4.39 Å². The predicted octanol–water partition coefficient (Wildman–Crippen LogP) is 1.83. The highest BCUT2D eigenvalue weighted by Crippen LogP contribution is 2.19. The summed E-state index contributed by atoms with van der Waals surface area (Å²) in [6.45, 7) is 0. The molecule has 0 saturated heterocycles. The van der Waals surface area contributed by atoms with Gasteiger partial charge in [-0.3, -0.25) is 4.79 Å². The van der Waals surface area contributed by atoms with Gasteiger partial charge >= 0.3 is 0 Å². The van der Waals surface area contributed by atoms with E-state index >= 15 is 0 Å².